The van der Waals surface area contributed by atoms with Crippen LogP contribution >= 0.6 is 11.3 Å². The Morgan fingerprint density at radius 1 is 1.45 bits per heavy atom. The van der Waals surface area contributed by atoms with Crippen molar-refractivity contribution in [2.45, 2.75) is 39.2 Å². The maximum absolute atomic E-state index is 12.5. The van der Waals surface area contributed by atoms with Crippen LogP contribution in [0.25, 0.3) is 10.6 Å². The molecule has 0 aliphatic heterocycles. The Labute approximate surface area is 135 Å². The topological polar surface area (TPSA) is 62.2 Å². The summed E-state index contributed by atoms with van der Waals surface area (Å²) < 4.78 is 0. The summed E-state index contributed by atoms with van der Waals surface area (Å²) in [5.41, 5.74) is 2.16. The lowest BCUT2D eigenvalue weighted by atomic mass is 9.94. The van der Waals surface area contributed by atoms with Crippen LogP contribution in [0.2, 0.25) is 0 Å². The van der Waals surface area contributed by atoms with Gasteiger partial charge >= 0.3 is 0 Å². The van der Waals surface area contributed by atoms with Gasteiger partial charge in [-0.1, -0.05) is 19.1 Å². The van der Waals surface area contributed by atoms with E-state index in [9.17, 15) is 4.79 Å². The van der Waals surface area contributed by atoms with Crippen molar-refractivity contribution in [1.82, 2.24) is 10.3 Å². The van der Waals surface area contributed by atoms with Gasteiger partial charge in [0, 0.05) is 34.3 Å². The first-order valence-corrected chi connectivity index (χ1v) is 8.31. The summed E-state index contributed by atoms with van der Waals surface area (Å²) in [4.78, 5) is 16.9. The number of amides is 1. The van der Waals surface area contributed by atoms with E-state index >= 15 is 0 Å². The molecule has 22 heavy (non-hydrogen) atoms. The molecule has 0 saturated heterocycles. The highest BCUT2D eigenvalue weighted by Gasteiger charge is 2.24. The minimum Gasteiger partial charge on any atom is -0.396 e. The molecule has 0 radical (unpaired) electrons. The molecule has 1 unspecified atom stereocenters. The highest BCUT2D eigenvalue weighted by Crippen LogP contribution is 2.24. The third-order valence-electron chi connectivity index (χ3n) is 3.85. The molecule has 118 valence electrons. The number of aliphatic hydroxyl groups is 1. The third kappa shape index (κ3) is 3.93. The Hall–Kier alpha value is -1.72. The summed E-state index contributed by atoms with van der Waals surface area (Å²) >= 11 is 1.57. The molecule has 0 fully saturated rings. The summed E-state index contributed by atoms with van der Waals surface area (Å²) in [6.07, 6.45) is 1.31. The largest absolute Gasteiger partial charge is 0.396 e. The minimum atomic E-state index is -0.389. The first-order valence-electron chi connectivity index (χ1n) is 7.43. The Kier molecular flexibility index (Phi) is 5.32. The Bertz CT molecular complexity index is 654. The van der Waals surface area contributed by atoms with Gasteiger partial charge in [0.15, 0.2) is 0 Å². The monoisotopic (exact) mass is 318 g/mol. The highest BCUT2D eigenvalue weighted by atomic mass is 32.1. The molecule has 0 bridgehead atoms. The predicted molar refractivity (Wildman–Crippen MR) is 90.2 cm³/mol. The van der Waals surface area contributed by atoms with Crippen molar-refractivity contribution >= 4 is 17.2 Å². The van der Waals surface area contributed by atoms with Crippen molar-refractivity contribution in [3.05, 3.63) is 40.9 Å². The summed E-state index contributed by atoms with van der Waals surface area (Å²) in [5, 5.41) is 15.1. The van der Waals surface area contributed by atoms with Gasteiger partial charge in [-0.3, -0.25) is 4.79 Å². The first-order chi connectivity index (χ1) is 10.5. The van der Waals surface area contributed by atoms with Crippen molar-refractivity contribution in [3.63, 3.8) is 0 Å². The normalized spacial score (nSPS) is 13.6. The maximum Gasteiger partial charge on any atom is 0.251 e. The number of thiazole rings is 1. The van der Waals surface area contributed by atoms with Crippen LogP contribution in [0.4, 0.5) is 0 Å². The number of carbonyl (C=O) groups is 1. The minimum absolute atomic E-state index is 0.0586. The molecule has 0 aliphatic rings. The van der Waals surface area contributed by atoms with Gasteiger partial charge < -0.3 is 10.4 Å². The van der Waals surface area contributed by atoms with Crippen LogP contribution in [0.1, 0.15) is 42.7 Å². The molecule has 0 saturated carbocycles. The van der Waals surface area contributed by atoms with E-state index in [1.807, 2.05) is 44.4 Å². The predicted octanol–water partition coefficient (Wildman–Crippen LogP) is 3.40. The van der Waals surface area contributed by atoms with Crippen LogP contribution in [0.5, 0.6) is 0 Å². The van der Waals surface area contributed by atoms with Gasteiger partial charge in [0.2, 0.25) is 0 Å². The molecule has 5 heteroatoms. The van der Waals surface area contributed by atoms with Crippen LogP contribution in [0, 0.1) is 6.92 Å². The number of aromatic nitrogens is 1. The highest BCUT2D eigenvalue weighted by molar-refractivity contribution is 7.13. The third-order valence-corrected chi connectivity index (χ3v) is 4.86. The van der Waals surface area contributed by atoms with E-state index in [2.05, 4.69) is 10.3 Å². The fourth-order valence-corrected chi connectivity index (χ4v) is 3.00. The number of nitrogens with one attached hydrogen (secondary N) is 1. The van der Waals surface area contributed by atoms with Crippen LogP contribution in [0.15, 0.2) is 29.6 Å². The van der Waals surface area contributed by atoms with Gasteiger partial charge in [-0.2, -0.15) is 0 Å². The number of rotatable bonds is 6. The molecule has 1 aromatic carbocycles. The second-order valence-electron chi connectivity index (χ2n) is 5.72. The SMILES string of the molecule is CCC(C)(CCO)NC(=O)c1cccc(-c2nc(C)cs2)c1. The summed E-state index contributed by atoms with van der Waals surface area (Å²) in [5.74, 6) is -0.118. The molecule has 1 atom stereocenters. The standard InChI is InChI=1S/C17H22N2O2S/c1-4-17(3,8-9-20)19-15(21)13-6-5-7-14(10-13)16-18-12(2)11-22-16/h5-7,10-11,20H,4,8-9H2,1-3H3,(H,19,21). The lowest BCUT2D eigenvalue weighted by Crippen LogP contribution is -2.46. The summed E-state index contributed by atoms with van der Waals surface area (Å²) in [7, 11) is 0. The van der Waals surface area contributed by atoms with Crippen LogP contribution < -0.4 is 5.32 Å². The maximum atomic E-state index is 12.5. The lowest BCUT2D eigenvalue weighted by molar-refractivity contribution is 0.0886. The average Bonchev–Trinajstić information content (AvgIpc) is 2.94. The Morgan fingerprint density at radius 3 is 2.82 bits per heavy atom. The molecule has 2 aromatic rings. The van der Waals surface area contributed by atoms with Crippen molar-refractivity contribution in [3.8, 4) is 10.6 Å². The van der Waals surface area contributed by atoms with E-state index in [4.69, 9.17) is 5.11 Å². The summed E-state index contributed by atoms with van der Waals surface area (Å²) in [6, 6.07) is 7.50. The fraction of sp³-hybridized carbons (Fsp3) is 0.412. The molecule has 2 rings (SSSR count). The number of hydrogen-bond donors (Lipinski definition) is 2. The molecule has 1 amide bonds. The summed E-state index contributed by atoms with van der Waals surface area (Å²) in [6.45, 7) is 5.97. The lowest BCUT2D eigenvalue weighted by Gasteiger charge is -2.29. The van der Waals surface area contributed by atoms with Gasteiger partial charge in [0.25, 0.3) is 5.91 Å². The van der Waals surface area contributed by atoms with E-state index in [1.165, 1.54) is 0 Å². The molecule has 0 spiro atoms. The molecule has 1 aromatic heterocycles. The van der Waals surface area contributed by atoms with Crippen molar-refractivity contribution < 1.29 is 9.90 Å². The second-order valence-corrected chi connectivity index (χ2v) is 6.57. The van der Waals surface area contributed by atoms with E-state index in [-0.39, 0.29) is 18.1 Å². The average molecular weight is 318 g/mol. The number of nitrogens with zero attached hydrogens (tertiary/aromatic N) is 1. The van der Waals surface area contributed by atoms with E-state index in [1.54, 1.807) is 17.4 Å². The Balaban J connectivity index is 2.20. The van der Waals surface area contributed by atoms with Gasteiger partial charge in [-0.05, 0) is 38.8 Å². The van der Waals surface area contributed by atoms with Crippen LogP contribution in [0.3, 0.4) is 0 Å². The molecular formula is C17H22N2O2S. The van der Waals surface area contributed by atoms with Gasteiger partial charge in [0.05, 0.1) is 0 Å². The number of hydrogen-bond acceptors (Lipinski definition) is 4. The molecule has 1 heterocycles. The Morgan fingerprint density at radius 2 is 2.23 bits per heavy atom. The smallest absolute Gasteiger partial charge is 0.251 e. The van der Waals surface area contributed by atoms with Crippen molar-refractivity contribution in [1.29, 1.82) is 0 Å². The van der Waals surface area contributed by atoms with Gasteiger partial charge in [-0.15, -0.1) is 11.3 Å². The van der Waals surface area contributed by atoms with E-state index in [0.717, 1.165) is 22.7 Å². The quantitative estimate of drug-likeness (QED) is 0.858. The number of carbonyl (C=O) groups excluding carboxylic acids is 1. The fourth-order valence-electron chi connectivity index (χ4n) is 2.20. The van der Waals surface area contributed by atoms with Gasteiger partial charge in [-0.25, -0.2) is 4.98 Å². The zero-order valence-electron chi connectivity index (χ0n) is 13.2. The van der Waals surface area contributed by atoms with Gasteiger partial charge in [0.1, 0.15) is 5.01 Å². The number of benzene rings is 1. The van der Waals surface area contributed by atoms with Crippen LogP contribution in [-0.2, 0) is 0 Å². The van der Waals surface area contributed by atoms with Crippen LogP contribution in [-0.4, -0.2) is 28.1 Å². The molecule has 2 N–H and O–H groups in total. The number of aliphatic hydroxyl groups excluding tert-OH is 1. The first kappa shape index (κ1) is 16.6. The molecule has 0 aliphatic carbocycles. The zero-order valence-corrected chi connectivity index (χ0v) is 14.0. The molecular weight excluding hydrogens is 296 g/mol. The number of aryl methyl sites for hydroxylation is 1. The van der Waals surface area contributed by atoms with E-state index < -0.39 is 0 Å². The second kappa shape index (κ2) is 7.03. The van der Waals surface area contributed by atoms with Crippen molar-refractivity contribution in [2.75, 3.05) is 6.61 Å². The molecule has 4 nitrogen and oxygen atoms in total. The van der Waals surface area contributed by atoms with E-state index in [0.29, 0.717) is 12.0 Å². The van der Waals surface area contributed by atoms with Crippen molar-refractivity contribution in [2.24, 2.45) is 0 Å². The zero-order chi connectivity index (χ0) is 16.2.